The van der Waals surface area contributed by atoms with Crippen LogP contribution in [-0.4, -0.2) is 19.1 Å². The average Bonchev–Trinajstić information content (AvgIpc) is 2.45. The van der Waals surface area contributed by atoms with Crippen molar-refractivity contribution in [1.82, 2.24) is 5.32 Å². The molecule has 1 saturated heterocycles. The van der Waals surface area contributed by atoms with Gasteiger partial charge in [0.2, 0.25) is 0 Å². The lowest BCUT2D eigenvalue weighted by Gasteiger charge is -2.35. The molecule has 1 fully saturated rings. The fourth-order valence-corrected chi connectivity index (χ4v) is 3.13. The van der Waals surface area contributed by atoms with Crippen LogP contribution in [0.25, 0.3) is 0 Å². The summed E-state index contributed by atoms with van der Waals surface area (Å²) < 4.78 is 0. The molecule has 112 valence electrons. The van der Waals surface area contributed by atoms with E-state index < -0.39 is 0 Å². The number of hydrogen-bond donors (Lipinski definition) is 1. The molecule has 1 atom stereocenters. The fourth-order valence-electron chi connectivity index (χ4n) is 2.94. The van der Waals surface area contributed by atoms with Gasteiger partial charge in [-0.25, -0.2) is 0 Å². The molecule has 0 bridgehead atoms. The summed E-state index contributed by atoms with van der Waals surface area (Å²) in [5.74, 6) is 0.838. The number of piperidine rings is 1. The molecular formula is C17H27ClN2. The van der Waals surface area contributed by atoms with Crippen LogP contribution in [0, 0.1) is 5.92 Å². The average molecular weight is 295 g/mol. The molecule has 0 amide bonds. The van der Waals surface area contributed by atoms with Gasteiger partial charge in [0.25, 0.3) is 0 Å². The van der Waals surface area contributed by atoms with Gasteiger partial charge in [0.05, 0.1) is 0 Å². The summed E-state index contributed by atoms with van der Waals surface area (Å²) in [7, 11) is 0. The van der Waals surface area contributed by atoms with Gasteiger partial charge < -0.3 is 10.2 Å². The van der Waals surface area contributed by atoms with Crippen molar-refractivity contribution >= 4 is 17.3 Å². The van der Waals surface area contributed by atoms with Crippen molar-refractivity contribution in [2.75, 3.05) is 18.0 Å². The molecule has 2 nitrogen and oxygen atoms in total. The molecule has 1 aromatic carbocycles. The van der Waals surface area contributed by atoms with E-state index in [1.165, 1.54) is 43.6 Å². The minimum atomic E-state index is 0.492. The van der Waals surface area contributed by atoms with Crippen molar-refractivity contribution in [2.24, 2.45) is 5.92 Å². The Hall–Kier alpha value is -0.730. The third-order valence-electron chi connectivity index (χ3n) is 4.18. The topological polar surface area (TPSA) is 15.3 Å². The van der Waals surface area contributed by atoms with Crippen LogP contribution in [0.5, 0.6) is 0 Å². The maximum absolute atomic E-state index is 6.18. The van der Waals surface area contributed by atoms with Crippen molar-refractivity contribution in [3.63, 3.8) is 0 Å². The second kappa shape index (κ2) is 7.33. The third-order valence-corrected chi connectivity index (χ3v) is 4.41. The van der Waals surface area contributed by atoms with Crippen molar-refractivity contribution in [3.05, 3.63) is 28.8 Å². The summed E-state index contributed by atoms with van der Waals surface area (Å²) in [5.41, 5.74) is 2.68. The molecule has 1 aliphatic heterocycles. The van der Waals surface area contributed by atoms with Crippen molar-refractivity contribution in [3.8, 4) is 0 Å². The zero-order chi connectivity index (χ0) is 14.5. The predicted octanol–water partition coefficient (Wildman–Crippen LogP) is 4.46. The summed E-state index contributed by atoms with van der Waals surface area (Å²) in [4.78, 5) is 2.55. The lowest BCUT2D eigenvalue weighted by molar-refractivity contribution is 0.404. The van der Waals surface area contributed by atoms with Gasteiger partial charge in [0, 0.05) is 36.4 Å². The summed E-state index contributed by atoms with van der Waals surface area (Å²) in [6.45, 7) is 9.91. The SMILES string of the molecule is CCC1CCCN(c2ccc(Cl)cc2CNC(C)C)C1. The van der Waals surface area contributed by atoms with Crippen LogP contribution in [-0.2, 0) is 6.54 Å². The largest absolute Gasteiger partial charge is 0.371 e. The van der Waals surface area contributed by atoms with E-state index in [4.69, 9.17) is 11.6 Å². The molecule has 1 aromatic rings. The van der Waals surface area contributed by atoms with Crippen LogP contribution in [0.2, 0.25) is 5.02 Å². The first-order valence-corrected chi connectivity index (χ1v) is 8.24. The van der Waals surface area contributed by atoms with E-state index in [2.05, 4.69) is 43.1 Å². The van der Waals surface area contributed by atoms with Crippen molar-refractivity contribution in [1.29, 1.82) is 0 Å². The number of rotatable bonds is 5. The van der Waals surface area contributed by atoms with E-state index in [0.717, 1.165) is 17.5 Å². The standard InChI is InChI=1S/C17H27ClN2/c1-4-14-6-5-9-20(12-14)17-8-7-16(18)10-15(17)11-19-13(2)3/h7-8,10,13-14,19H,4-6,9,11-12H2,1-3H3. The number of nitrogens with zero attached hydrogens (tertiary/aromatic N) is 1. The molecular weight excluding hydrogens is 268 g/mol. The number of hydrogen-bond acceptors (Lipinski definition) is 2. The van der Waals surface area contributed by atoms with Crippen molar-refractivity contribution < 1.29 is 0 Å². The first-order valence-electron chi connectivity index (χ1n) is 7.87. The second-order valence-corrected chi connectivity index (χ2v) is 6.61. The molecule has 0 spiro atoms. The quantitative estimate of drug-likeness (QED) is 0.862. The lowest BCUT2D eigenvalue weighted by Crippen LogP contribution is -2.36. The molecule has 1 heterocycles. The van der Waals surface area contributed by atoms with E-state index in [1.807, 2.05) is 6.07 Å². The van der Waals surface area contributed by atoms with Gasteiger partial charge in [-0.3, -0.25) is 0 Å². The maximum atomic E-state index is 6.18. The van der Waals surface area contributed by atoms with Gasteiger partial charge in [-0.15, -0.1) is 0 Å². The number of anilines is 1. The van der Waals surface area contributed by atoms with Gasteiger partial charge in [-0.2, -0.15) is 0 Å². The van der Waals surface area contributed by atoms with Gasteiger partial charge in [-0.1, -0.05) is 38.8 Å². The van der Waals surface area contributed by atoms with Crippen LogP contribution >= 0.6 is 11.6 Å². The molecule has 1 unspecified atom stereocenters. The monoisotopic (exact) mass is 294 g/mol. The first kappa shape index (κ1) is 15.7. The Balaban J connectivity index is 2.16. The number of nitrogens with one attached hydrogen (secondary N) is 1. The van der Waals surface area contributed by atoms with Gasteiger partial charge in [0.1, 0.15) is 0 Å². The summed E-state index contributed by atoms with van der Waals surface area (Å²) in [6.07, 6.45) is 3.96. The minimum absolute atomic E-state index is 0.492. The van der Waals surface area contributed by atoms with Gasteiger partial charge in [0.15, 0.2) is 0 Å². The molecule has 1 N–H and O–H groups in total. The van der Waals surface area contributed by atoms with Crippen LogP contribution in [0.15, 0.2) is 18.2 Å². The Labute approximate surface area is 128 Å². The molecule has 3 heteroatoms. The van der Waals surface area contributed by atoms with E-state index in [9.17, 15) is 0 Å². The molecule has 2 rings (SSSR count). The second-order valence-electron chi connectivity index (χ2n) is 6.17. The van der Waals surface area contributed by atoms with E-state index in [0.29, 0.717) is 6.04 Å². The zero-order valence-electron chi connectivity index (χ0n) is 13.0. The van der Waals surface area contributed by atoms with Crippen LogP contribution < -0.4 is 10.2 Å². The highest BCUT2D eigenvalue weighted by atomic mass is 35.5. The van der Waals surface area contributed by atoms with E-state index >= 15 is 0 Å². The van der Waals surface area contributed by atoms with Crippen LogP contribution in [0.3, 0.4) is 0 Å². The summed E-state index contributed by atoms with van der Waals surface area (Å²) >= 11 is 6.18. The minimum Gasteiger partial charge on any atom is -0.371 e. The Morgan fingerprint density at radius 1 is 1.40 bits per heavy atom. The smallest absolute Gasteiger partial charge is 0.0412 e. The zero-order valence-corrected chi connectivity index (χ0v) is 13.7. The van der Waals surface area contributed by atoms with Crippen LogP contribution in [0.4, 0.5) is 5.69 Å². The maximum Gasteiger partial charge on any atom is 0.0412 e. The molecule has 0 aliphatic carbocycles. The Morgan fingerprint density at radius 3 is 2.90 bits per heavy atom. The van der Waals surface area contributed by atoms with E-state index in [1.54, 1.807) is 0 Å². The molecule has 1 aliphatic rings. The normalized spacial score (nSPS) is 19.6. The Morgan fingerprint density at radius 2 is 2.20 bits per heavy atom. The van der Waals surface area contributed by atoms with Crippen LogP contribution in [0.1, 0.15) is 45.6 Å². The van der Waals surface area contributed by atoms with Crippen molar-refractivity contribution in [2.45, 2.75) is 52.6 Å². The number of benzene rings is 1. The lowest BCUT2D eigenvalue weighted by atomic mass is 9.94. The van der Waals surface area contributed by atoms with Gasteiger partial charge >= 0.3 is 0 Å². The summed E-state index contributed by atoms with van der Waals surface area (Å²) in [6, 6.07) is 6.82. The number of halogens is 1. The highest BCUT2D eigenvalue weighted by Crippen LogP contribution is 2.29. The molecule has 0 radical (unpaired) electrons. The fraction of sp³-hybridized carbons (Fsp3) is 0.647. The van der Waals surface area contributed by atoms with Gasteiger partial charge in [-0.05, 0) is 42.5 Å². The first-order chi connectivity index (χ1) is 9.60. The molecule has 0 saturated carbocycles. The highest BCUT2D eigenvalue weighted by molar-refractivity contribution is 6.30. The Kier molecular flexibility index (Phi) is 5.74. The molecule has 0 aromatic heterocycles. The Bertz CT molecular complexity index is 431. The highest BCUT2D eigenvalue weighted by Gasteiger charge is 2.20. The van der Waals surface area contributed by atoms with E-state index in [-0.39, 0.29) is 0 Å². The summed E-state index contributed by atoms with van der Waals surface area (Å²) in [5, 5.41) is 4.34. The molecule has 20 heavy (non-hydrogen) atoms. The predicted molar refractivity (Wildman–Crippen MR) is 88.7 cm³/mol. The third kappa shape index (κ3) is 4.13.